The maximum absolute atomic E-state index is 12.6. The molecule has 1 atom stereocenters. The van der Waals surface area contributed by atoms with Crippen LogP contribution in [0.4, 0.5) is 5.69 Å². The van der Waals surface area contributed by atoms with Gasteiger partial charge in [-0.25, -0.2) is 0 Å². The molecule has 0 saturated carbocycles. The number of nitrogens with zero attached hydrogens (tertiary/aromatic N) is 2. The number of hydrogen-bond donors (Lipinski definition) is 1. The number of carbonyl (C=O) groups is 2. The topological polar surface area (TPSA) is 52.7 Å². The number of nitrogens with one attached hydrogen (secondary N) is 1. The molecule has 0 spiro atoms. The molecule has 1 unspecified atom stereocenters. The Morgan fingerprint density at radius 3 is 2.35 bits per heavy atom. The number of piperazine rings is 1. The van der Waals surface area contributed by atoms with Gasteiger partial charge in [-0.3, -0.25) is 9.59 Å². The summed E-state index contributed by atoms with van der Waals surface area (Å²) in [6.45, 7) is 4.50. The second-order valence-corrected chi connectivity index (χ2v) is 8.99. The van der Waals surface area contributed by atoms with E-state index in [4.69, 9.17) is 11.6 Å². The Hall–Kier alpha value is -1.57. The minimum Gasteiger partial charge on any atom is -0.368 e. The number of halogens is 2. The Bertz CT molecular complexity index is 788. The number of amides is 2. The highest BCUT2D eigenvalue weighted by Crippen LogP contribution is 2.22. The summed E-state index contributed by atoms with van der Waals surface area (Å²) in [6.07, 6.45) is 0. The molecule has 1 aromatic heterocycles. The molecule has 1 aliphatic rings. The van der Waals surface area contributed by atoms with Gasteiger partial charge in [0.1, 0.15) is 6.04 Å². The molecule has 5 nitrogen and oxygen atoms in total. The summed E-state index contributed by atoms with van der Waals surface area (Å²) in [5, 5.41) is 3.50. The standard InChI is InChI=1S/C18H19BrClN3O2S/c1-12(21-17(24)15-6-7-16(19)26-15)18(25)23-10-8-22(9-11-23)14-4-2-13(20)3-5-14/h2-7,12H,8-11H2,1H3,(H,21,24). The maximum Gasteiger partial charge on any atom is 0.262 e. The third-order valence-electron chi connectivity index (χ3n) is 4.30. The van der Waals surface area contributed by atoms with Gasteiger partial charge in [0.25, 0.3) is 5.91 Å². The van der Waals surface area contributed by atoms with Crippen LogP contribution in [0.5, 0.6) is 0 Å². The predicted octanol–water partition coefficient (Wildman–Crippen LogP) is 3.63. The van der Waals surface area contributed by atoms with E-state index in [0.29, 0.717) is 23.0 Å². The van der Waals surface area contributed by atoms with Crippen molar-refractivity contribution in [3.8, 4) is 0 Å². The van der Waals surface area contributed by atoms with Crippen molar-refractivity contribution in [1.82, 2.24) is 10.2 Å². The van der Waals surface area contributed by atoms with E-state index in [9.17, 15) is 9.59 Å². The SMILES string of the molecule is CC(NC(=O)c1ccc(Br)s1)C(=O)N1CCN(c2ccc(Cl)cc2)CC1. The summed E-state index contributed by atoms with van der Waals surface area (Å²) in [4.78, 5) is 29.5. The Morgan fingerprint density at radius 1 is 1.12 bits per heavy atom. The van der Waals surface area contributed by atoms with Crippen LogP contribution >= 0.6 is 38.9 Å². The summed E-state index contributed by atoms with van der Waals surface area (Å²) >= 11 is 10.6. The van der Waals surface area contributed by atoms with Gasteiger partial charge in [-0.2, -0.15) is 0 Å². The van der Waals surface area contributed by atoms with Crippen LogP contribution < -0.4 is 10.2 Å². The molecule has 0 radical (unpaired) electrons. The summed E-state index contributed by atoms with van der Waals surface area (Å²) < 4.78 is 0.889. The van der Waals surface area contributed by atoms with E-state index in [1.807, 2.05) is 35.2 Å². The molecular formula is C18H19BrClN3O2S. The number of hydrogen-bond acceptors (Lipinski definition) is 4. The van der Waals surface area contributed by atoms with Crippen molar-refractivity contribution in [2.45, 2.75) is 13.0 Å². The third-order valence-corrected chi connectivity index (χ3v) is 6.17. The van der Waals surface area contributed by atoms with Gasteiger partial charge in [0.2, 0.25) is 5.91 Å². The molecule has 2 heterocycles. The smallest absolute Gasteiger partial charge is 0.262 e. The lowest BCUT2D eigenvalue weighted by atomic mass is 10.2. The molecule has 26 heavy (non-hydrogen) atoms. The third kappa shape index (κ3) is 4.58. The molecule has 1 fully saturated rings. The van der Waals surface area contributed by atoms with Crippen LogP contribution in [0.3, 0.4) is 0 Å². The van der Waals surface area contributed by atoms with Gasteiger partial charge in [-0.15, -0.1) is 11.3 Å². The van der Waals surface area contributed by atoms with Crippen molar-refractivity contribution in [3.63, 3.8) is 0 Å². The van der Waals surface area contributed by atoms with Crippen LogP contribution in [0.1, 0.15) is 16.6 Å². The van der Waals surface area contributed by atoms with Crippen LogP contribution in [-0.4, -0.2) is 48.9 Å². The maximum atomic E-state index is 12.6. The van der Waals surface area contributed by atoms with Crippen LogP contribution in [0, 0.1) is 0 Å². The van der Waals surface area contributed by atoms with Gasteiger partial charge in [-0.1, -0.05) is 11.6 Å². The number of benzene rings is 1. The van der Waals surface area contributed by atoms with E-state index in [-0.39, 0.29) is 11.8 Å². The number of anilines is 1. The fraction of sp³-hybridized carbons (Fsp3) is 0.333. The predicted molar refractivity (Wildman–Crippen MR) is 109 cm³/mol. The van der Waals surface area contributed by atoms with Gasteiger partial charge >= 0.3 is 0 Å². The van der Waals surface area contributed by atoms with Gasteiger partial charge in [0, 0.05) is 36.9 Å². The van der Waals surface area contributed by atoms with Crippen molar-refractivity contribution in [2.24, 2.45) is 0 Å². The Morgan fingerprint density at radius 2 is 1.77 bits per heavy atom. The molecular weight excluding hydrogens is 438 g/mol. The number of rotatable bonds is 4. The van der Waals surface area contributed by atoms with Gasteiger partial charge in [-0.05, 0) is 59.3 Å². The average Bonchev–Trinajstić information content (AvgIpc) is 3.08. The lowest BCUT2D eigenvalue weighted by Crippen LogP contribution is -2.54. The van der Waals surface area contributed by atoms with E-state index in [0.717, 1.165) is 22.6 Å². The molecule has 0 bridgehead atoms. The molecule has 3 rings (SSSR count). The lowest BCUT2D eigenvalue weighted by molar-refractivity contribution is -0.133. The summed E-state index contributed by atoms with van der Waals surface area (Å²) in [5.41, 5.74) is 1.10. The van der Waals surface area contributed by atoms with E-state index in [1.54, 1.807) is 13.0 Å². The van der Waals surface area contributed by atoms with Crippen LogP contribution in [0.2, 0.25) is 5.02 Å². The number of thiophene rings is 1. The number of carbonyl (C=O) groups excluding carboxylic acids is 2. The molecule has 138 valence electrons. The minimum atomic E-state index is -0.551. The van der Waals surface area contributed by atoms with Gasteiger partial charge in [0.15, 0.2) is 0 Å². The largest absolute Gasteiger partial charge is 0.368 e. The van der Waals surface area contributed by atoms with Crippen molar-refractivity contribution < 1.29 is 9.59 Å². The average molecular weight is 457 g/mol. The zero-order valence-corrected chi connectivity index (χ0v) is 17.4. The van der Waals surface area contributed by atoms with Crippen LogP contribution in [0.25, 0.3) is 0 Å². The molecule has 2 amide bonds. The zero-order valence-electron chi connectivity index (χ0n) is 14.2. The van der Waals surface area contributed by atoms with E-state index < -0.39 is 6.04 Å². The first-order valence-corrected chi connectivity index (χ1v) is 10.3. The lowest BCUT2D eigenvalue weighted by Gasteiger charge is -2.37. The van der Waals surface area contributed by atoms with E-state index >= 15 is 0 Å². The fourth-order valence-electron chi connectivity index (χ4n) is 2.88. The summed E-state index contributed by atoms with van der Waals surface area (Å²) in [6, 6.07) is 10.7. The first-order chi connectivity index (χ1) is 12.4. The second-order valence-electron chi connectivity index (χ2n) is 6.09. The van der Waals surface area contributed by atoms with Crippen molar-refractivity contribution >= 4 is 56.4 Å². The fourth-order valence-corrected chi connectivity index (χ4v) is 4.29. The zero-order chi connectivity index (χ0) is 18.7. The van der Waals surface area contributed by atoms with Gasteiger partial charge in [0.05, 0.1) is 8.66 Å². The molecule has 0 aliphatic carbocycles. The van der Waals surface area contributed by atoms with Crippen molar-refractivity contribution in [1.29, 1.82) is 0 Å². The van der Waals surface area contributed by atoms with E-state index in [2.05, 4.69) is 26.1 Å². The molecule has 1 N–H and O–H groups in total. The molecule has 1 saturated heterocycles. The van der Waals surface area contributed by atoms with Crippen LogP contribution in [-0.2, 0) is 4.79 Å². The molecule has 2 aromatic rings. The Kier molecular flexibility index (Phi) is 6.21. The van der Waals surface area contributed by atoms with Gasteiger partial charge < -0.3 is 15.1 Å². The first kappa shape index (κ1) is 19.2. The van der Waals surface area contributed by atoms with E-state index in [1.165, 1.54) is 11.3 Å². The van der Waals surface area contributed by atoms with Crippen LogP contribution in [0.15, 0.2) is 40.2 Å². The summed E-state index contributed by atoms with van der Waals surface area (Å²) in [7, 11) is 0. The highest BCUT2D eigenvalue weighted by molar-refractivity contribution is 9.11. The monoisotopic (exact) mass is 455 g/mol. The Balaban J connectivity index is 1.52. The normalized spacial score (nSPS) is 15.7. The highest BCUT2D eigenvalue weighted by atomic mass is 79.9. The highest BCUT2D eigenvalue weighted by Gasteiger charge is 2.26. The molecule has 8 heteroatoms. The second kappa shape index (κ2) is 8.41. The van der Waals surface area contributed by atoms with Crippen molar-refractivity contribution in [3.05, 3.63) is 50.1 Å². The first-order valence-electron chi connectivity index (χ1n) is 8.29. The Labute approximate surface area is 170 Å². The minimum absolute atomic E-state index is 0.0512. The molecule has 1 aromatic carbocycles. The molecule has 1 aliphatic heterocycles. The van der Waals surface area contributed by atoms with Crippen molar-refractivity contribution in [2.75, 3.05) is 31.1 Å². The summed E-state index contributed by atoms with van der Waals surface area (Å²) in [5.74, 6) is -0.272. The quantitative estimate of drug-likeness (QED) is 0.764.